The molecule has 4 nitrogen and oxygen atoms in total. The van der Waals surface area contributed by atoms with E-state index in [1.165, 1.54) is 5.56 Å². The van der Waals surface area contributed by atoms with Crippen molar-refractivity contribution < 1.29 is 9.53 Å². The molecule has 0 aromatic heterocycles. The van der Waals surface area contributed by atoms with Crippen molar-refractivity contribution in [2.75, 3.05) is 18.5 Å². The first-order valence-corrected chi connectivity index (χ1v) is 9.42. The van der Waals surface area contributed by atoms with Gasteiger partial charge in [-0.3, -0.25) is 0 Å². The van der Waals surface area contributed by atoms with Crippen LogP contribution in [0, 0.1) is 0 Å². The zero-order valence-electron chi connectivity index (χ0n) is 14.4. The normalized spacial score (nSPS) is 10.3. The Kier molecular flexibility index (Phi) is 8.16. The van der Waals surface area contributed by atoms with E-state index in [4.69, 9.17) is 40.2 Å². The molecule has 0 heterocycles. The number of anilines is 1. The Hall–Kier alpha value is -1.82. The van der Waals surface area contributed by atoms with E-state index in [9.17, 15) is 4.79 Å². The number of aryl methyl sites for hydroxylation is 1. The average molecular weight is 411 g/mol. The number of esters is 1. The van der Waals surface area contributed by atoms with E-state index in [1.807, 2.05) is 24.3 Å². The van der Waals surface area contributed by atoms with E-state index in [1.54, 1.807) is 25.1 Å². The highest BCUT2D eigenvalue weighted by atomic mass is 35.5. The van der Waals surface area contributed by atoms with E-state index >= 15 is 0 Å². The number of hydrogen-bond acceptors (Lipinski definition) is 3. The number of ether oxygens (including phenoxy) is 1. The lowest BCUT2D eigenvalue weighted by Crippen LogP contribution is -2.29. The largest absolute Gasteiger partial charge is 0.462 e. The lowest BCUT2D eigenvalue weighted by molar-refractivity contribution is 0.0526. The second kappa shape index (κ2) is 10.4. The summed E-state index contributed by atoms with van der Waals surface area (Å²) >= 11 is 17.2. The Morgan fingerprint density at radius 2 is 1.88 bits per heavy atom. The molecule has 2 aromatic carbocycles. The number of hydrogen-bond donors (Lipinski definition) is 2. The first-order valence-electron chi connectivity index (χ1n) is 8.25. The molecule has 0 spiro atoms. The number of carbonyl (C=O) groups is 1. The summed E-state index contributed by atoms with van der Waals surface area (Å²) in [5.41, 5.74) is 2.21. The molecule has 138 valence electrons. The summed E-state index contributed by atoms with van der Waals surface area (Å²) in [6.07, 6.45) is 1.86. The van der Waals surface area contributed by atoms with Crippen LogP contribution in [-0.4, -0.2) is 24.2 Å². The SMILES string of the molecule is CCOC(=O)c1cc(NC(=S)NCCCc2ccc(Cl)cc2)ccc1Cl. The predicted molar refractivity (Wildman–Crippen MR) is 111 cm³/mol. The van der Waals surface area contributed by atoms with Crippen molar-refractivity contribution in [3.05, 3.63) is 63.6 Å². The Morgan fingerprint density at radius 1 is 1.15 bits per heavy atom. The van der Waals surface area contributed by atoms with Gasteiger partial charge in [0.25, 0.3) is 0 Å². The molecule has 2 rings (SSSR count). The third kappa shape index (κ3) is 6.48. The number of halogens is 2. The quantitative estimate of drug-likeness (QED) is 0.378. The molecule has 0 aliphatic carbocycles. The molecule has 0 atom stereocenters. The van der Waals surface area contributed by atoms with Crippen LogP contribution >= 0.6 is 35.4 Å². The highest BCUT2D eigenvalue weighted by Crippen LogP contribution is 2.21. The van der Waals surface area contributed by atoms with Gasteiger partial charge < -0.3 is 15.4 Å². The Morgan fingerprint density at radius 3 is 2.58 bits per heavy atom. The molecule has 0 bridgehead atoms. The van der Waals surface area contributed by atoms with E-state index in [0.29, 0.717) is 28.0 Å². The summed E-state index contributed by atoms with van der Waals surface area (Å²) < 4.78 is 4.99. The summed E-state index contributed by atoms with van der Waals surface area (Å²) in [6.45, 7) is 2.77. The van der Waals surface area contributed by atoms with Gasteiger partial charge in [-0.2, -0.15) is 0 Å². The van der Waals surface area contributed by atoms with Crippen molar-refractivity contribution in [3.63, 3.8) is 0 Å². The van der Waals surface area contributed by atoms with Crippen molar-refractivity contribution in [1.82, 2.24) is 5.32 Å². The minimum atomic E-state index is -0.456. The molecule has 2 aromatic rings. The van der Waals surface area contributed by atoms with Crippen LogP contribution in [0.5, 0.6) is 0 Å². The van der Waals surface area contributed by atoms with Gasteiger partial charge in [0.15, 0.2) is 5.11 Å². The van der Waals surface area contributed by atoms with Gasteiger partial charge in [-0.05, 0) is 67.9 Å². The zero-order chi connectivity index (χ0) is 18.9. The first kappa shape index (κ1) is 20.5. The Balaban J connectivity index is 1.81. The van der Waals surface area contributed by atoms with E-state index in [-0.39, 0.29) is 0 Å². The maximum absolute atomic E-state index is 11.9. The molecule has 0 unspecified atom stereocenters. The standard InChI is InChI=1S/C19H20Cl2N2O2S/c1-2-25-18(24)16-12-15(9-10-17(16)21)23-19(26)22-11-3-4-13-5-7-14(20)8-6-13/h5-10,12H,2-4,11H2,1H3,(H2,22,23,26). The van der Waals surface area contributed by atoms with Crippen LogP contribution in [0.4, 0.5) is 5.69 Å². The highest BCUT2D eigenvalue weighted by molar-refractivity contribution is 7.80. The molecular formula is C19H20Cl2N2O2S. The maximum atomic E-state index is 11.9. The van der Waals surface area contributed by atoms with Gasteiger partial charge in [-0.1, -0.05) is 35.3 Å². The number of rotatable bonds is 7. The average Bonchev–Trinajstić information content (AvgIpc) is 2.62. The van der Waals surface area contributed by atoms with Crippen LogP contribution in [0.3, 0.4) is 0 Å². The molecule has 0 saturated heterocycles. The maximum Gasteiger partial charge on any atom is 0.339 e. The van der Waals surface area contributed by atoms with Gasteiger partial charge in [-0.15, -0.1) is 0 Å². The molecule has 2 N–H and O–H groups in total. The number of benzene rings is 2. The lowest BCUT2D eigenvalue weighted by atomic mass is 10.1. The summed E-state index contributed by atoms with van der Waals surface area (Å²) in [4.78, 5) is 11.9. The Labute approximate surface area is 168 Å². The predicted octanol–water partition coefficient (Wildman–Crippen LogP) is 5.09. The van der Waals surface area contributed by atoms with Crippen molar-refractivity contribution in [2.24, 2.45) is 0 Å². The third-order valence-corrected chi connectivity index (χ3v) is 4.39. The molecule has 7 heteroatoms. The van der Waals surface area contributed by atoms with E-state index in [2.05, 4.69) is 10.6 Å². The number of thiocarbonyl (C=S) groups is 1. The summed E-state index contributed by atoms with van der Waals surface area (Å²) in [5, 5.41) is 7.76. The molecule has 0 aliphatic heterocycles. The zero-order valence-corrected chi connectivity index (χ0v) is 16.7. The van der Waals surface area contributed by atoms with E-state index < -0.39 is 5.97 Å². The van der Waals surface area contributed by atoms with Gasteiger partial charge >= 0.3 is 5.97 Å². The summed E-state index contributed by atoms with van der Waals surface area (Å²) in [6, 6.07) is 12.8. The topological polar surface area (TPSA) is 50.4 Å². The molecule has 0 aliphatic rings. The van der Waals surface area contributed by atoms with Crippen molar-refractivity contribution in [2.45, 2.75) is 19.8 Å². The molecule has 26 heavy (non-hydrogen) atoms. The Bertz CT molecular complexity index is 767. The summed E-state index contributed by atoms with van der Waals surface area (Å²) in [5.74, 6) is -0.456. The minimum absolute atomic E-state index is 0.292. The van der Waals surface area contributed by atoms with Gasteiger partial charge in [0.1, 0.15) is 0 Å². The molecule has 0 fully saturated rings. The number of nitrogens with one attached hydrogen (secondary N) is 2. The second-order valence-corrected chi connectivity index (χ2v) is 6.78. The van der Waals surface area contributed by atoms with E-state index in [0.717, 1.165) is 24.4 Å². The molecule has 0 saturated carbocycles. The van der Waals surface area contributed by atoms with Crippen LogP contribution in [0.25, 0.3) is 0 Å². The fourth-order valence-electron chi connectivity index (χ4n) is 2.29. The molecule has 0 radical (unpaired) electrons. The van der Waals surface area contributed by atoms with Crippen LogP contribution in [0.15, 0.2) is 42.5 Å². The summed E-state index contributed by atoms with van der Waals surface area (Å²) in [7, 11) is 0. The first-order chi connectivity index (χ1) is 12.5. The van der Waals surface area contributed by atoms with Crippen LogP contribution < -0.4 is 10.6 Å². The molecular weight excluding hydrogens is 391 g/mol. The fourth-order valence-corrected chi connectivity index (χ4v) is 2.83. The van der Waals surface area contributed by atoms with Crippen molar-refractivity contribution >= 4 is 52.2 Å². The fraction of sp³-hybridized carbons (Fsp3) is 0.263. The van der Waals surface area contributed by atoms with Crippen LogP contribution in [0.2, 0.25) is 10.0 Å². The van der Waals surface area contributed by atoms with Crippen LogP contribution in [-0.2, 0) is 11.2 Å². The molecule has 0 amide bonds. The van der Waals surface area contributed by atoms with Crippen molar-refractivity contribution in [3.8, 4) is 0 Å². The monoisotopic (exact) mass is 410 g/mol. The number of carbonyl (C=O) groups excluding carboxylic acids is 1. The lowest BCUT2D eigenvalue weighted by Gasteiger charge is -2.12. The highest BCUT2D eigenvalue weighted by Gasteiger charge is 2.12. The van der Waals surface area contributed by atoms with Gasteiger partial charge in [0.05, 0.1) is 17.2 Å². The van der Waals surface area contributed by atoms with Crippen molar-refractivity contribution in [1.29, 1.82) is 0 Å². The van der Waals surface area contributed by atoms with Gasteiger partial charge in [-0.25, -0.2) is 4.79 Å². The second-order valence-electron chi connectivity index (χ2n) is 5.53. The van der Waals surface area contributed by atoms with Gasteiger partial charge in [0.2, 0.25) is 0 Å². The minimum Gasteiger partial charge on any atom is -0.462 e. The van der Waals surface area contributed by atoms with Crippen LogP contribution in [0.1, 0.15) is 29.3 Å². The van der Waals surface area contributed by atoms with Gasteiger partial charge in [0, 0.05) is 17.3 Å². The smallest absolute Gasteiger partial charge is 0.339 e. The third-order valence-electron chi connectivity index (χ3n) is 3.56.